The third-order valence-corrected chi connectivity index (χ3v) is 2.65. The summed E-state index contributed by atoms with van der Waals surface area (Å²) in [5, 5.41) is 9.00. The summed E-state index contributed by atoms with van der Waals surface area (Å²) in [6.45, 7) is 0.172. The highest BCUT2D eigenvalue weighted by Gasteiger charge is 2.10. The van der Waals surface area contributed by atoms with Crippen molar-refractivity contribution in [3.8, 4) is 5.75 Å². The van der Waals surface area contributed by atoms with E-state index in [4.69, 9.17) is 15.6 Å². The Hall–Kier alpha value is -2.89. The molecule has 1 heterocycles. The number of pyridine rings is 1. The Morgan fingerprint density at radius 2 is 1.90 bits per heavy atom. The third-order valence-electron chi connectivity index (χ3n) is 2.65. The lowest BCUT2D eigenvalue weighted by atomic mass is 10.1. The number of amides is 1. The molecule has 2 rings (SSSR count). The molecule has 20 heavy (non-hydrogen) atoms. The van der Waals surface area contributed by atoms with Crippen LogP contribution in [-0.2, 0) is 6.61 Å². The predicted molar refractivity (Wildman–Crippen MR) is 70.5 cm³/mol. The third kappa shape index (κ3) is 3.11. The van der Waals surface area contributed by atoms with Gasteiger partial charge in [-0.05, 0) is 23.8 Å². The number of rotatable bonds is 5. The van der Waals surface area contributed by atoms with Gasteiger partial charge in [0.05, 0.1) is 6.20 Å². The van der Waals surface area contributed by atoms with Crippen LogP contribution >= 0.6 is 0 Å². The van der Waals surface area contributed by atoms with Crippen molar-refractivity contribution in [3.05, 3.63) is 59.4 Å². The molecule has 0 unspecified atom stereocenters. The zero-order valence-corrected chi connectivity index (χ0v) is 10.4. The molecular weight excluding hydrogens is 260 g/mol. The first kappa shape index (κ1) is 13.5. The topological polar surface area (TPSA) is 103 Å². The monoisotopic (exact) mass is 272 g/mol. The summed E-state index contributed by atoms with van der Waals surface area (Å²) in [4.78, 5) is 25.8. The SMILES string of the molecule is NC(=O)c1ccc(COc2cnccc2C(=O)O)cc1. The van der Waals surface area contributed by atoms with Crippen molar-refractivity contribution >= 4 is 11.9 Å². The van der Waals surface area contributed by atoms with Crippen molar-refractivity contribution in [2.24, 2.45) is 5.73 Å². The van der Waals surface area contributed by atoms with Crippen LogP contribution in [0.5, 0.6) is 5.75 Å². The lowest BCUT2D eigenvalue weighted by Crippen LogP contribution is -2.10. The Bertz CT molecular complexity index is 638. The fourth-order valence-corrected chi connectivity index (χ4v) is 1.60. The van der Waals surface area contributed by atoms with Gasteiger partial charge in [0.1, 0.15) is 12.2 Å². The molecule has 0 saturated heterocycles. The number of primary amides is 1. The summed E-state index contributed by atoms with van der Waals surface area (Å²) >= 11 is 0. The van der Waals surface area contributed by atoms with E-state index >= 15 is 0 Å². The average Bonchev–Trinajstić information content (AvgIpc) is 2.45. The molecule has 1 amide bonds. The molecule has 1 aromatic heterocycles. The highest BCUT2D eigenvalue weighted by molar-refractivity contribution is 5.92. The summed E-state index contributed by atoms with van der Waals surface area (Å²) in [7, 11) is 0. The number of carbonyl (C=O) groups excluding carboxylic acids is 1. The van der Waals surface area contributed by atoms with Crippen LogP contribution in [0.15, 0.2) is 42.7 Å². The Morgan fingerprint density at radius 3 is 2.50 bits per heavy atom. The van der Waals surface area contributed by atoms with Crippen LogP contribution in [0.3, 0.4) is 0 Å². The number of nitrogens with zero attached hydrogens (tertiary/aromatic N) is 1. The van der Waals surface area contributed by atoms with E-state index in [9.17, 15) is 9.59 Å². The zero-order chi connectivity index (χ0) is 14.5. The smallest absolute Gasteiger partial charge is 0.339 e. The molecule has 0 saturated carbocycles. The van der Waals surface area contributed by atoms with Gasteiger partial charge in [-0.25, -0.2) is 4.79 Å². The molecule has 6 nitrogen and oxygen atoms in total. The van der Waals surface area contributed by atoms with E-state index in [2.05, 4.69) is 4.98 Å². The second-order valence-corrected chi connectivity index (χ2v) is 4.03. The van der Waals surface area contributed by atoms with Gasteiger partial charge in [0.25, 0.3) is 0 Å². The second kappa shape index (κ2) is 5.83. The molecule has 1 aromatic carbocycles. The number of carboxylic acids is 1. The van der Waals surface area contributed by atoms with Gasteiger partial charge in [-0.2, -0.15) is 0 Å². The van der Waals surface area contributed by atoms with E-state index < -0.39 is 11.9 Å². The number of carboxylic acid groups (broad SMARTS) is 1. The first-order valence-electron chi connectivity index (χ1n) is 5.77. The number of hydrogen-bond donors (Lipinski definition) is 2. The molecule has 0 aliphatic rings. The Kier molecular flexibility index (Phi) is 3.95. The fraction of sp³-hybridized carbons (Fsp3) is 0.0714. The van der Waals surface area contributed by atoms with Crippen LogP contribution in [0.1, 0.15) is 26.3 Å². The van der Waals surface area contributed by atoms with Crippen molar-refractivity contribution < 1.29 is 19.4 Å². The van der Waals surface area contributed by atoms with E-state index in [-0.39, 0.29) is 17.9 Å². The zero-order valence-electron chi connectivity index (χ0n) is 10.4. The Balaban J connectivity index is 2.09. The lowest BCUT2D eigenvalue weighted by Gasteiger charge is -2.08. The molecule has 0 atom stereocenters. The molecule has 0 aliphatic carbocycles. The van der Waals surface area contributed by atoms with Crippen molar-refractivity contribution in [3.63, 3.8) is 0 Å². The minimum atomic E-state index is -1.08. The van der Waals surface area contributed by atoms with E-state index in [1.165, 1.54) is 18.5 Å². The number of benzene rings is 1. The van der Waals surface area contributed by atoms with Gasteiger partial charge in [0.2, 0.25) is 5.91 Å². The Labute approximate surface area is 114 Å². The number of nitrogens with two attached hydrogens (primary N) is 1. The average molecular weight is 272 g/mol. The van der Waals surface area contributed by atoms with E-state index in [0.717, 1.165) is 5.56 Å². The lowest BCUT2D eigenvalue weighted by molar-refractivity contribution is 0.0691. The van der Waals surface area contributed by atoms with Crippen LogP contribution in [0.2, 0.25) is 0 Å². The summed E-state index contributed by atoms with van der Waals surface area (Å²) in [5.74, 6) is -1.39. The van der Waals surface area contributed by atoms with Crippen molar-refractivity contribution in [2.45, 2.75) is 6.61 Å². The minimum Gasteiger partial charge on any atom is -0.486 e. The first-order valence-corrected chi connectivity index (χ1v) is 5.77. The minimum absolute atomic E-state index is 0.0498. The number of hydrogen-bond acceptors (Lipinski definition) is 4. The van der Waals surface area contributed by atoms with Crippen molar-refractivity contribution in [1.29, 1.82) is 0 Å². The molecule has 0 bridgehead atoms. The molecular formula is C14H12N2O4. The van der Waals surface area contributed by atoms with Gasteiger partial charge in [0.15, 0.2) is 5.75 Å². The van der Waals surface area contributed by atoms with Crippen LogP contribution < -0.4 is 10.5 Å². The first-order chi connectivity index (χ1) is 9.58. The van der Waals surface area contributed by atoms with Gasteiger partial charge in [0, 0.05) is 11.8 Å². The van der Waals surface area contributed by atoms with Gasteiger partial charge in [-0.3, -0.25) is 9.78 Å². The number of aromatic carboxylic acids is 1. The highest BCUT2D eigenvalue weighted by Crippen LogP contribution is 2.18. The van der Waals surface area contributed by atoms with Gasteiger partial charge >= 0.3 is 5.97 Å². The summed E-state index contributed by atoms with van der Waals surface area (Å²) in [6, 6.07) is 7.92. The second-order valence-electron chi connectivity index (χ2n) is 4.03. The summed E-state index contributed by atoms with van der Waals surface area (Å²) < 4.78 is 5.43. The van der Waals surface area contributed by atoms with Crippen LogP contribution in [0, 0.1) is 0 Å². The predicted octanol–water partition coefficient (Wildman–Crippen LogP) is 1.46. The standard InChI is InChI=1S/C14H12N2O4/c15-13(17)10-3-1-9(2-4-10)8-20-12-7-16-6-5-11(12)14(18)19/h1-7H,8H2,(H2,15,17)(H,18,19). The van der Waals surface area contributed by atoms with Gasteiger partial charge in [-0.1, -0.05) is 12.1 Å². The normalized spacial score (nSPS) is 10.0. The van der Waals surface area contributed by atoms with Gasteiger partial charge < -0.3 is 15.6 Å². The van der Waals surface area contributed by atoms with Crippen LogP contribution in [0.4, 0.5) is 0 Å². The van der Waals surface area contributed by atoms with E-state index in [0.29, 0.717) is 5.56 Å². The molecule has 0 spiro atoms. The summed E-state index contributed by atoms with van der Waals surface area (Å²) in [6.07, 6.45) is 2.74. The molecule has 102 valence electrons. The maximum Gasteiger partial charge on any atom is 0.339 e. The molecule has 0 aliphatic heterocycles. The molecule has 2 aromatic rings. The van der Waals surface area contributed by atoms with E-state index in [1.54, 1.807) is 24.3 Å². The largest absolute Gasteiger partial charge is 0.486 e. The fourth-order valence-electron chi connectivity index (χ4n) is 1.60. The van der Waals surface area contributed by atoms with Crippen LogP contribution in [-0.4, -0.2) is 22.0 Å². The summed E-state index contributed by atoms with van der Waals surface area (Å²) in [5.41, 5.74) is 6.38. The Morgan fingerprint density at radius 1 is 1.20 bits per heavy atom. The molecule has 3 N–H and O–H groups in total. The quantitative estimate of drug-likeness (QED) is 0.857. The number of aromatic nitrogens is 1. The van der Waals surface area contributed by atoms with Gasteiger partial charge in [-0.15, -0.1) is 0 Å². The molecule has 0 radical (unpaired) electrons. The number of ether oxygens (including phenoxy) is 1. The van der Waals surface area contributed by atoms with E-state index in [1.807, 2.05) is 0 Å². The highest BCUT2D eigenvalue weighted by atomic mass is 16.5. The van der Waals surface area contributed by atoms with Crippen LogP contribution in [0.25, 0.3) is 0 Å². The molecule has 0 fully saturated rings. The van der Waals surface area contributed by atoms with Crippen molar-refractivity contribution in [2.75, 3.05) is 0 Å². The van der Waals surface area contributed by atoms with Crippen molar-refractivity contribution in [1.82, 2.24) is 4.98 Å². The molecule has 6 heteroatoms. The number of carbonyl (C=O) groups is 2. The maximum absolute atomic E-state index is 11.0. The maximum atomic E-state index is 11.0.